The molecule has 0 radical (unpaired) electrons. The van der Waals surface area contributed by atoms with E-state index in [4.69, 9.17) is 38.2 Å². The molecule has 0 amide bonds. The third-order valence-electron chi connectivity index (χ3n) is 9.75. The zero-order chi connectivity index (χ0) is 34.6. The summed E-state index contributed by atoms with van der Waals surface area (Å²) < 4.78 is 24.4. The van der Waals surface area contributed by atoms with Crippen molar-refractivity contribution in [1.29, 1.82) is 0 Å². The quantitative estimate of drug-likeness (QED) is 0.154. The molecule has 13 nitrogen and oxygen atoms in total. The fourth-order valence-electron chi connectivity index (χ4n) is 7.21. The molecule has 8 aromatic rings. The molecule has 4 atom stereocenters. The number of nitrogens with one attached hydrogen (secondary N) is 2. The van der Waals surface area contributed by atoms with Gasteiger partial charge in [-0.25, -0.2) is 19.9 Å². The largest absolute Gasteiger partial charge is 0.463 e. The van der Waals surface area contributed by atoms with E-state index in [0.29, 0.717) is 73.5 Å². The Hall–Kier alpha value is -5.35. The van der Waals surface area contributed by atoms with Crippen LogP contribution in [-0.2, 0) is 14.3 Å². The van der Waals surface area contributed by atoms with Gasteiger partial charge < -0.3 is 28.3 Å². The van der Waals surface area contributed by atoms with Crippen LogP contribution in [0, 0.1) is 11.8 Å². The molecule has 2 fully saturated rings. The summed E-state index contributed by atoms with van der Waals surface area (Å²) >= 11 is 3.03. The number of nitrogens with zero attached hydrogens (tertiary/aromatic N) is 6. The van der Waals surface area contributed by atoms with Crippen LogP contribution in [0.2, 0.25) is 0 Å². The highest BCUT2D eigenvalue weighted by Gasteiger charge is 2.39. The van der Waals surface area contributed by atoms with E-state index in [1.54, 1.807) is 37.3 Å². The van der Waals surface area contributed by atoms with Crippen molar-refractivity contribution in [3.63, 3.8) is 0 Å². The first-order valence-corrected chi connectivity index (χ1v) is 18.7. The molecule has 4 unspecified atom stereocenters. The number of hydrogen-bond acceptors (Lipinski definition) is 13. The Morgan fingerprint density at radius 2 is 1.17 bits per heavy atom. The fraction of sp³-hybridized carbons (Fsp3) is 0.270. The minimum Gasteiger partial charge on any atom is -0.463 e. The van der Waals surface area contributed by atoms with Crippen molar-refractivity contribution >= 4 is 50.5 Å². The van der Waals surface area contributed by atoms with Crippen molar-refractivity contribution in [3.8, 4) is 44.6 Å². The number of carbonyl (C=O) groups excluding carboxylic acids is 1. The average molecular weight is 731 g/mol. The van der Waals surface area contributed by atoms with E-state index < -0.39 is 0 Å². The number of aromatic amines is 2. The number of Topliss-reactive ketones (excluding diaryl/α,β-unsaturated/α-hetero) is 1. The molecule has 0 aliphatic carbocycles. The number of H-pyrrole nitrogens is 2. The van der Waals surface area contributed by atoms with Crippen molar-refractivity contribution in [1.82, 2.24) is 39.9 Å². The van der Waals surface area contributed by atoms with Crippen LogP contribution in [0.3, 0.4) is 0 Å². The van der Waals surface area contributed by atoms with Crippen LogP contribution in [0.1, 0.15) is 47.6 Å². The van der Waals surface area contributed by atoms with Crippen molar-refractivity contribution in [2.24, 2.45) is 11.8 Å². The second kappa shape index (κ2) is 13.0. The molecule has 10 rings (SSSR count). The highest BCUT2D eigenvalue weighted by Crippen LogP contribution is 2.46. The third kappa shape index (κ3) is 5.66. The van der Waals surface area contributed by atoms with E-state index in [2.05, 4.69) is 19.9 Å². The van der Waals surface area contributed by atoms with Crippen LogP contribution < -0.4 is 0 Å². The summed E-state index contributed by atoms with van der Waals surface area (Å²) in [6.45, 7) is 0.950. The number of hydrogen-bond donors (Lipinski definition) is 2. The third-order valence-corrected chi connectivity index (χ3v) is 12.1. The van der Waals surface area contributed by atoms with Gasteiger partial charge in [-0.15, -0.1) is 22.7 Å². The molecule has 10 heterocycles. The predicted octanol–water partition coefficient (Wildman–Crippen LogP) is 8.20. The monoisotopic (exact) mass is 730 g/mol. The molecular formula is C37H30N8O5S2. The van der Waals surface area contributed by atoms with E-state index in [9.17, 15) is 4.79 Å². The first-order valence-electron chi connectivity index (χ1n) is 17.1. The van der Waals surface area contributed by atoms with E-state index in [1.165, 1.54) is 22.7 Å². The topological polar surface area (TPSA) is 171 Å². The van der Waals surface area contributed by atoms with E-state index in [0.717, 1.165) is 41.8 Å². The molecule has 52 heavy (non-hydrogen) atoms. The van der Waals surface area contributed by atoms with Gasteiger partial charge in [0.1, 0.15) is 17.2 Å². The first-order chi connectivity index (χ1) is 25.6. The van der Waals surface area contributed by atoms with Gasteiger partial charge in [0.15, 0.2) is 33.2 Å². The normalized spacial score (nSPS) is 20.9. The lowest BCUT2D eigenvalue weighted by molar-refractivity contribution is -0.137. The lowest BCUT2D eigenvalue weighted by Crippen LogP contribution is -2.34. The van der Waals surface area contributed by atoms with Crippen LogP contribution in [-0.4, -0.2) is 58.9 Å². The average Bonchev–Trinajstić information content (AvgIpc) is 4.03. The van der Waals surface area contributed by atoms with Gasteiger partial charge in [0.25, 0.3) is 0 Å². The Kier molecular flexibility index (Phi) is 7.85. The molecular weight excluding hydrogens is 701 g/mol. The van der Waals surface area contributed by atoms with Crippen LogP contribution in [0.5, 0.6) is 0 Å². The second-order valence-corrected chi connectivity index (χ2v) is 15.0. The van der Waals surface area contributed by atoms with Crippen LogP contribution in [0.25, 0.3) is 66.6 Å². The number of thiazole rings is 2. The SMILES string of the molecule is O=C(C1CCOC(c2sc(-c3nc4ccncc4[nH]3)nc2-c2ccco2)C1)C1CCOC(c2sc(-c3nc4ccncc4[nH]3)nc2-c2ccco2)C1. The summed E-state index contributed by atoms with van der Waals surface area (Å²) in [5.74, 6) is 2.53. The maximum absolute atomic E-state index is 14.4. The molecule has 15 heteroatoms. The Balaban J connectivity index is 0.915. The highest BCUT2D eigenvalue weighted by atomic mass is 32.1. The first kappa shape index (κ1) is 31.4. The smallest absolute Gasteiger partial charge is 0.167 e. The summed E-state index contributed by atoms with van der Waals surface area (Å²) in [6.07, 6.45) is 12.0. The number of rotatable bonds is 8. The van der Waals surface area contributed by atoms with Gasteiger partial charge in [0.2, 0.25) is 0 Å². The van der Waals surface area contributed by atoms with E-state index >= 15 is 0 Å². The zero-order valence-corrected chi connectivity index (χ0v) is 29.2. The van der Waals surface area contributed by atoms with Gasteiger partial charge in [-0.2, -0.15) is 0 Å². The number of furan rings is 2. The molecule has 2 aliphatic rings. The van der Waals surface area contributed by atoms with Crippen molar-refractivity contribution in [2.75, 3.05) is 13.2 Å². The summed E-state index contributed by atoms with van der Waals surface area (Å²) in [5.41, 5.74) is 4.71. The Morgan fingerprint density at radius 1 is 0.673 bits per heavy atom. The number of ketones is 1. The zero-order valence-electron chi connectivity index (χ0n) is 27.5. The molecule has 2 aliphatic heterocycles. The number of imidazole rings is 2. The second-order valence-electron chi connectivity index (χ2n) is 12.9. The van der Waals surface area contributed by atoms with Gasteiger partial charge in [-0.3, -0.25) is 14.8 Å². The number of carbonyl (C=O) groups is 1. The molecule has 0 saturated carbocycles. The summed E-state index contributed by atoms with van der Waals surface area (Å²) in [4.78, 5) is 50.7. The lowest BCUT2D eigenvalue weighted by Gasteiger charge is -2.34. The van der Waals surface area contributed by atoms with Gasteiger partial charge in [-0.05, 0) is 62.1 Å². The molecule has 0 spiro atoms. The minimum atomic E-state index is -0.315. The van der Waals surface area contributed by atoms with Crippen molar-refractivity contribution < 1.29 is 23.1 Å². The molecule has 2 saturated heterocycles. The van der Waals surface area contributed by atoms with Crippen LogP contribution in [0.15, 0.2) is 82.5 Å². The predicted molar refractivity (Wildman–Crippen MR) is 193 cm³/mol. The van der Waals surface area contributed by atoms with Crippen molar-refractivity contribution in [3.05, 3.63) is 83.5 Å². The molecule has 0 aromatic carbocycles. The highest BCUT2D eigenvalue weighted by molar-refractivity contribution is 7.15. The van der Waals surface area contributed by atoms with Gasteiger partial charge in [0.05, 0.1) is 68.9 Å². The number of ether oxygens (including phenoxy) is 2. The van der Waals surface area contributed by atoms with Gasteiger partial charge >= 0.3 is 0 Å². The summed E-state index contributed by atoms with van der Waals surface area (Å²) in [5, 5.41) is 1.44. The minimum absolute atomic E-state index is 0.166. The molecule has 260 valence electrons. The molecule has 2 N–H and O–H groups in total. The summed E-state index contributed by atoms with van der Waals surface area (Å²) in [7, 11) is 0. The maximum atomic E-state index is 14.4. The molecule has 8 aromatic heterocycles. The van der Waals surface area contributed by atoms with Crippen LogP contribution >= 0.6 is 22.7 Å². The molecule has 0 bridgehead atoms. The van der Waals surface area contributed by atoms with E-state index in [-0.39, 0.29) is 29.8 Å². The number of aromatic nitrogens is 8. The number of pyridine rings is 2. The van der Waals surface area contributed by atoms with Crippen molar-refractivity contribution in [2.45, 2.75) is 37.9 Å². The Bertz CT molecular complexity index is 2280. The standard InChI is InChI=1S/C37H30N8O5S2/c46-31(19-7-13-49-27(15-19)32-29(25-3-1-11-47-25)44-36(51-32)34-40-21-5-9-38-17-23(21)42-34)20-8-14-50-28(16-20)33-30(26-4-2-12-48-26)45-37(52-33)35-41-22-6-10-39-18-24(22)43-35/h1-6,9-12,17-20,27-28H,7-8,13-16H2,(H,40,42)(H,41,43). The maximum Gasteiger partial charge on any atom is 0.167 e. The van der Waals surface area contributed by atoms with Crippen LogP contribution in [0.4, 0.5) is 0 Å². The van der Waals surface area contributed by atoms with Gasteiger partial charge in [0, 0.05) is 37.4 Å². The fourth-order valence-corrected chi connectivity index (χ4v) is 9.36. The Labute approximate surface area is 303 Å². The number of fused-ring (bicyclic) bond motifs is 2. The van der Waals surface area contributed by atoms with Gasteiger partial charge in [-0.1, -0.05) is 0 Å². The lowest BCUT2D eigenvalue weighted by atomic mass is 9.80. The Morgan fingerprint density at radius 3 is 1.62 bits per heavy atom. The summed E-state index contributed by atoms with van der Waals surface area (Å²) in [6, 6.07) is 11.2. The van der Waals surface area contributed by atoms with E-state index in [1.807, 2.05) is 36.4 Å².